The molecule has 3 rings (SSSR count). The van der Waals surface area contributed by atoms with Crippen LogP contribution in [-0.2, 0) is 4.79 Å². The zero-order chi connectivity index (χ0) is 17.2. The summed E-state index contributed by atoms with van der Waals surface area (Å²) in [6.45, 7) is 7.89. The molecule has 0 aromatic heterocycles. The molecule has 1 aliphatic carbocycles. The molecule has 24 heavy (non-hydrogen) atoms. The third kappa shape index (κ3) is 4.03. The van der Waals surface area contributed by atoms with Crippen molar-refractivity contribution in [1.29, 1.82) is 0 Å². The lowest BCUT2D eigenvalue weighted by Gasteiger charge is -2.36. The van der Waals surface area contributed by atoms with E-state index in [4.69, 9.17) is 9.47 Å². The van der Waals surface area contributed by atoms with Crippen molar-refractivity contribution in [1.82, 2.24) is 5.32 Å². The molecule has 1 aliphatic heterocycles. The van der Waals surface area contributed by atoms with E-state index >= 15 is 0 Å². The van der Waals surface area contributed by atoms with Gasteiger partial charge in [0.05, 0.1) is 6.54 Å². The summed E-state index contributed by atoms with van der Waals surface area (Å²) in [4.78, 5) is 12.4. The van der Waals surface area contributed by atoms with E-state index in [1.54, 1.807) is 0 Å². The van der Waals surface area contributed by atoms with Crippen molar-refractivity contribution in [2.24, 2.45) is 17.3 Å². The van der Waals surface area contributed by atoms with Crippen LogP contribution >= 0.6 is 0 Å². The van der Waals surface area contributed by atoms with Crippen molar-refractivity contribution in [3.63, 3.8) is 0 Å². The molecule has 1 atom stereocenters. The fourth-order valence-electron chi connectivity index (χ4n) is 3.74. The van der Waals surface area contributed by atoms with Crippen molar-refractivity contribution in [2.75, 3.05) is 13.2 Å². The second kappa shape index (κ2) is 7.04. The third-order valence-corrected chi connectivity index (χ3v) is 5.39. The molecule has 4 heteroatoms. The van der Waals surface area contributed by atoms with Gasteiger partial charge in [-0.15, -0.1) is 0 Å². The highest BCUT2D eigenvalue weighted by Gasteiger charge is 2.32. The highest BCUT2D eigenvalue weighted by molar-refractivity contribution is 5.78. The van der Waals surface area contributed by atoms with E-state index in [-0.39, 0.29) is 17.9 Å². The van der Waals surface area contributed by atoms with Crippen LogP contribution in [0.5, 0.6) is 11.5 Å². The summed E-state index contributed by atoms with van der Waals surface area (Å²) in [5, 5.41) is 3.06. The molecule has 0 radical (unpaired) electrons. The van der Waals surface area contributed by atoms with Crippen LogP contribution in [0.15, 0.2) is 24.3 Å². The summed E-state index contributed by atoms with van der Waals surface area (Å²) in [6.07, 6.45) is 4.18. The third-order valence-electron chi connectivity index (χ3n) is 5.39. The molecule has 1 heterocycles. The maximum Gasteiger partial charge on any atom is 0.223 e. The second-order valence-electron chi connectivity index (χ2n) is 8.16. The zero-order valence-electron chi connectivity index (χ0n) is 15.0. The lowest BCUT2D eigenvalue weighted by Crippen LogP contribution is -2.43. The van der Waals surface area contributed by atoms with Crippen LogP contribution in [0, 0.1) is 17.3 Å². The van der Waals surface area contributed by atoms with Crippen LogP contribution in [0.4, 0.5) is 0 Å². The normalized spacial score (nSPS) is 26.7. The first kappa shape index (κ1) is 17.1. The number of fused-ring (bicyclic) bond motifs is 1. The van der Waals surface area contributed by atoms with Crippen molar-refractivity contribution < 1.29 is 14.3 Å². The molecule has 2 aliphatic rings. The maximum atomic E-state index is 12.4. The molecule has 1 aromatic rings. The van der Waals surface area contributed by atoms with Gasteiger partial charge in [-0.2, -0.15) is 0 Å². The Bertz CT molecular complexity index is 570. The van der Waals surface area contributed by atoms with E-state index in [0.29, 0.717) is 18.6 Å². The number of rotatable bonds is 3. The zero-order valence-corrected chi connectivity index (χ0v) is 15.0. The van der Waals surface area contributed by atoms with E-state index < -0.39 is 0 Å². The van der Waals surface area contributed by atoms with Gasteiger partial charge in [-0.1, -0.05) is 32.9 Å². The minimum atomic E-state index is -0.116. The lowest BCUT2D eigenvalue weighted by atomic mass is 9.69. The molecule has 1 aromatic carbocycles. The molecule has 0 bridgehead atoms. The summed E-state index contributed by atoms with van der Waals surface area (Å²) in [6, 6.07) is 7.66. The average Bonchev–Trinajstić information content (AvgIpc) is 2.59. The first-order chi connectivity index (χ1) is 11.4. The van der Waals surface area contributed by atoms with Gasteiger partial charge in [0, 0.05) is 5.92 Å². The molecular formula is C20H29NO3. The van der Waals surface area contributed by atoms with Crippen LogP contribution in [0.1, 0.15) is 46.5 Å². The Morgan fingerprint density at radius 3 is 2.46 bits per heavy atom. The summed E-state index contributed by atoms with van der Waals surface area (Å²) in [5.41, 5.74) is 0.349. The highest BCUT2D eigenvalue weighted by atomic mass is 16.6. The number of carbonyl (C=O) groups is 1. The fourth-order valence-corrected chi connectivity index (χ4v) is 3.74. The number of nitrogens with one attached hydrogen (secondary N) is 1. The molecule has 0 spiro atoms. The molecule has 1 fully saturated rings. The predicted octanol–water partition coefficient (Wildman–Crippen LogP) is 3.80. The first-order valence-electron chi connectivity index (χ1n) is 9.09. The lowest BCUT2D eigenvalue weighted by molar-refractivity contribution is -0.127. The number of hydrogen-bond acceptors (Lipinski definition) is 3. The molecule has 1 unspecified atom stereocenters. The SMILES string of the molecule is CC(C)(C)C1CCC(C(=O)NCC2COc3ccccc3O2)CC1. The number of amides is 1. The van der Waals surface area contributed by atoms with Crippen LogP contribution < -0.4 is 14.8 Å². The smallest absolute Gasteiger partial charge is 0.223 e. The fraction of sp³-hybridized carbons (Fsp3) is 0.650. The van der Waals surface area contributed by atoms with Crippen LogP contribution in [-0.4, -0.2) is 25.2 Å². The monoisotopic (exact) mass is 331 g/mol. The largest absolute Gasteiger partial charge is 0.486 e. The molecule has 0 saturated heterocycles. The Morgan fingerprint density at radius 2 is 1.79 bits per heavy atom. The summed E-state index contributed by atoms with van der Waals surface area (Å²) in [5.74, 6) is 2.59. The van der Waals surface area contributed by atoms with Gasteiger partial charge < -0.3 is 14.8 Å². The van der Waals surface area contributed by atoms with Crippen molar-refractivity contribution in [3.05, 3.63) is 24.3 Å². The molecule has 132 valence electrons. The number of benzene rings is 1. The highest BCUT2D eigenvalue weighted by Crippen LogP contribution is 2.39. The molecular weight excluding hydrogens is 302 g/mol. The molecule has 1 N–H and O–H groups in total. The van der Waals surface area contributed by atoms with Crippen molar-refractivity contribution in [2.45, 2.75) is 52.6 Å². The minimum absolute atomic E-state index is 0.116. The molecule has 4 nitrogen and oxygen atoms in total. The Labute approximate surface area is 144 Å². The summed E-state index contributed by atoms with van der Waals surface area (Å²) in [7, 11) is 0. The number of carbonyl (C=O) groups excluding carboxylic acids is 1. The van der Waals surface area contributed by atoms with Gasteiger partial charge in [-0.25, -0.2) is 0 Å². The van der Waals surface area contributed by atoms with Gasteiger partial charge in [0.25, 0.3) is 0 Å². The molecule has 1 saturated carbocycles. The Balaban J connectivity index is 1.44. The topological polar surface area (TPSA) is 47.6 Å². The summed E-state index contributed by atoms with van der Waals surface area (Å²) < 4.78 is 11.6. The second-order valence-corrected chi connectivity index (χ2v) is 8.16. The van der Waals surface area contributed by atoms with Gasteiger partial charge in [-0.3, -0.25) is 4.79 Å². The average molecular weight is 331 g/mol. The Kier molecular flexibility index (Phi) is 5.02. The standard InChI is InChI=1S/C20H29NO3/c1-20(2,3)15-10-8-14(9-11-15)19(22)21-12-16-13-23-17-6-4-5-7-18(17)24-16/h4-7,14-16H,8-13H2,1-3H3,(H,21,22). The van der Waals surface area contributed by atoms with Crippen molar-refractivity contribution in [3.8, 4) is 11.5 Å². The van der Waals surface area contributed by atoms with E-state index in [1.807, 2.05) is 24.3 Å². The molecule has 1 amide bonds. The minimum Gasteiger partial charge on any atom is -0.486 e. The van der Waals surface area contributed by atoms with Gasteiger partial charge in [0.15, 0.2) is 11.5 Å². The maximum absolute atomic E-state index is 12.4. The van der Waals surface area contributed by atoms with Crippen LogP contribution in [0.3, 0.4) is 0 Å². The summed E-state index contributed by atoms with van der Waals surface area (Å²) >= 11 is 0. The van der Waals surface area contributed by atoms with E-state index in [2.05, 4.69) is 26.1 Å². The predicted molar refractivity (Wildman–Crippen MR) is 94.3 cm³/mol. The van der Waals surface area contributed by atoms with E-state index in [1.165, 1.54) is 0 Å². The van der Waals surface area contributed by atoms with Gasteiger partial charge >= 0.3 is 0 Å². The van der Waals surface area contributed by atoms with Gasteiger partial charge in [0.1, 0.15) is 12.7 Å². The van der Waals surface area contributed by atoms with Gasteiger partial charge in [-0.05, 0) is 49.1 Å². The quantitative estimate of drug-likeness (QED) is 0.916. The van der Waals surface area contributed by atoms with Crippen LogP contribution in [0.25, 0.3) is 0 Å². The van der Waals surface area contributed by atoms with Crippen molar-refractivity contribution >= 4 is 5.91 Å². The van der Waals surface area contributed by atoms with Gasteiger partial charge in [0.2, 0.25) is 5.91 Å². The Morgan fingerprint density at radius 1 is 1.12 bits per heavy atom. The van der Waals surface area contributed by atoms with Crippen LogP contribution in [0.2, 0.25) is 0 Å². The Hall–Kier alpha value is -1.71. The number of ether oxygens (including phenoxy) is 2. The number of hydrogen-bond donors (Lipinski definition) is 1. The van der Waals surface area contributed by atoms with E-state index in [0.717, 1.165) is 43.1 Å². The number of para-hydroxylation sites is 2. The first-order valence-corrected chi connectivity index (χ1v) is 9.09. The van der Waals surface area contributed by atoms with E-state index in [9.17, 15) is 4.79 Å².